The lowest BCUT2D eigenvalue weighted by atomic mass is 9.98. The third-order valence-electron chi connectivity index (χ3n) is 6.90. The summed E-state index contributed by atoms with van der Waals surface area (Å²) in [5, 5.41) is 12.0. The number of carboxylic acids is 1. The van der Waals surface area contributed by atoms with E-state index < -0.39 is 49.1 Å². The number of carbonyl (C=O) groups is 3. The maximum atomic E-state index is 14.0. The molecule has 2 aromatic carbocycles. The molecule has 2 aliphatic rings. The van der Waals surface area contributed by atoms with Crippen LogP contribution in [0.4, 0.5) is 18.4 Å². The van der Waals surface area contributed by atoms with Gasteiger partial charge >= 0.3 is 18.2 Å². The Balaban J connectivity index is 1.30. The number of halogens is 2. The van der Waals surface area contributed by atoms with Crippen LogP contribution in [0.25, 0.3) is 11.1 Å². The van der Waals surface area contributed by atoms with Crippen LogP contribution in [-0.2, 0) is 14.3 Å². The third-order valence-corrected chi connectivity index (χ3v) is 6.90. The van der Waals surface area contributed by atoms with Gasteiger partial charge in [0.2, 0.25) is 0 Å². The molecule has 2 amide bonds. The summed E-state index contributed by atoms with van der Waals surface area (Å²) in [5.41, 5.74) is 4.20. The third kappa shape index (κ3) is 6.12. The smallest absolute Gasteiger partial charge is 0.410 e. The zero-order valence-electron chi connectivity index (χ0n) is 20.8. The molecule has 8 nitrogen and oxygen atoms in total. The molecule has 1 aliphatic carbocycles. The van der Waals surface area contributed by atoms with Crippen LogP contribution >= 0.6 is 0 Å². The molecule has 0 spiro atoms. The van der Waals surface area contributed by atoms with E-state index in [0.717, 1.165) is 27.2 Å². The second-order valence-electron chi connectivity index (χ2n) is 9.50. The van der Waals surface area contributed by atoms with Gasteiger partial charge in [0.1, 0.15) is 19.3 Å². The minimum atomic E-state index is -3.05. The summed E-state index contributed by atoms with van der Waals surface area (Å²) in [5.74, 6) is -4.49. The number of alkyl halides is 2. The molecule has 202 valence electrons. The molecular formula is C28H30F2N2O6. The number of hydrogen-bond acceptors (Lipinski definition) is 5. The number of carboxylic acid groups (broad SMARTS) is 1. The van der Waals surface area contributed by atoms with E-state index in [2.05, 4.69) is 11.9 Å². The first-order valence-corrected chi connectivity index (χ1v) is 12.5. The van der Waals surface area contributed by atoms with Crippen LogP contribution in [0.3, 0.4) is 0 Å². The van der Waals surface area contributed by atoms with Gasteiger partial charge in [-0.2, -0.15) is 0 Å². The molecule has 38 heavy (non-hydrogen) atoms. The number of amides is 2. The van der Waals surface area contributed by atoms with Crippen molar-refractivity contribution in [2.24, 2.45) is 0 Å². The number of nitrogens with zero attached hydrogens (tertiary/aromatic N) is 1. The van der Waals surface area contributed by atoms with Crippen molar-refractivity contribution >= 4 is 18.2 Å². The summed E-state index contributed by atoms with van der Waals surface area (Å²) in [4.78, 5) is 37.4. The SMILES string of the molecule is C=CCOC(=O)N1CC(F)(F)C[C@H]1CCCC(NC(=O)OCC1c2ccccc2-c2ccccc21)C(=O)O. The number of carbonyl (C=O) groups excluding carboxylic acids is 2. The van der Waals surface area contributed by atoms with Crippen LogP contribution in [-0.4, -0.2) is 65.9 Å². The monoisotopic (exact) mass is 528 g/mol. The number of likely N-dealkylation sites (tertiary alicyclic amines) is 1. The molecule has 2 aromatic rings. The number of fused-ring (bicyclic) bond motifs is 3. The van der Waals surface area contributed by atoms with E-state index >= 15 is 0 Å². The normalized spacial score (nSPS) is 18.3. The summed E-state index contributed by atoms with van der Waals surface area (Å²) in [6.07, 6.45) is -0.625. The topological polar surface area (TPSA) is 105 Å². The Kier molecular flexibility index (Phi) is 8.29. The second kappa shape index (κ2) is 11.6. The van der Waals surface area contributed by atoms with Crippen LogP contribution in [0.2, 0.25) is 0 Å². The molecule has 1 aliphatic heterocycles. The lowest BCUT2D eigenvalue weighted by molar-refractivity contribution is -0.139. The van der Waals surface area contributed by atoms with Crippen molar-refractivity contribution in [2.45, 2.75) is 49.6 Å². The fraction of sp³-hybridized carbons (Fsp3) is 0.393. The lowest BCUT2D eigenvalue weighted by Crippen LogP contribution is -2.42. The Morgan fingerprint density at radius 3 is 2.34 bits per heavy atom. The minimum Gasteiger partial charge on any atom is -0.480 e. The maximum Gasteiger partial charge on any atom is 0.410 e. The maximum absolute atomic E-state index is 14.0. The van der Waals surface area contributed by atoms with E-state index in [1.807, 2.05) is 48.5 Å². The van der Waals surface area contributed by atoms with E-state index in [9.17, 15) is 28.3 Å². The Morgan fingerprint density at radius 1 is 1.11 bits per heavy atom. The van der Waals surface area contributed by atoms with Crippen LogP contribution in [0, 0.1) is 0 Å². The number of hydrogen-bond donors (Lipinski definition) is 2. The summed E-state index contributed by atoms with van der Waals surface area (Å²) < 4.78 is 38.3. The van der Waals surface area contributed by atoms with Crippen molar-refractivity contribution in [1.29, 1.82) is 0 Å². The predicted molar refractivity (Wildman–Crippen MR) is 135 cm³/mol. The Bertz CT molecular complexity index is 1160. The van der Waals surface area contributed by atoms with Gasteiger partial charge in [-0.3, -0.25) is 4.90 Å². The quantitative estimate of drug-likeness (QED) is 0.412. The van der Waals surface area contributed by atoms with Gasteiger partial charge in [0.25, 0.3) is 5.92 Å². The lowest BCUT2D eigenvalue weighted by Gasteiger charge is -2.23. The van der Waals surface area contributed by atoms with E-state index in [1.165, 1.54) is 6.08 Å². The van der Waals surface area contributed by atoms with Crippen molar-refractivity contribution in [3.05, 3.63) is 72.3 Å². The Morgan fingerprint density at radius 2 is 1.74 bits per heavy atom. The van der Waals surface area contributed by atoms with E-state index in [4.69, 9.17) is 9.47 Å². The molecular weight excluding hydrogens is 498 g/mol. The molecule has 2 atom stereocenters. The Labute approximate surface area is 219 Å². The van der Waals surface area contributed by atoms with Gasteiger partial charge in [-0.1, -0.05) is 61.2 Å². The zero-order chi connectivity index (χ0) is 27.3. The number of rotatable bonds is 10. The van der Waals surface area contributed by atoms with Gasteiger partial charge in [-0.05, 0) is 41.5 Å². The molecule has 4 rings (SSSR count). The van der Waals surface area contributed by atoms with Crippen LogP contribution < -0.4 is 5.32 Å². The molecule has 10 heteroatoms. The minimum absolute atomic E-state index is 0.0167. The fourth-order valence-electron chi connectivity index (χ4n) is 5.18. The molecule has 0 radical (unpaired) electrons. The molecule has 1 heterocycles. The highest BCUT2D eigenvalue weighted by Crippen LogP contribution is 2.44. The average molecular weight is 529 g/mol. The first kappa shape index (κ1) is 27.1. The van der Waals surface area contributed by atoms with Gasteiger partial charge in [-0.25, -0.2) is 23.2 Å². The van der Waals surface area contributed by atoms with Crippen molar-refractivity contribution in [1.82, 2.24) is 10.2 Å². The summed E-state index contributed by atoms with van der Waals surface area (Å²) in [7, 11) is 0. The van der Waals surface area contributed by atoms with Crippen molar-refractivity contribution in [2.75, 3.05) is 19.8 Å². The fourth-order valence-corrected chi connectivity index (χ4v) is 5.18. The number of nitrogens with one attached hydrogen (secondary N) is 1. The molecule has 2 N–H and O–H groups in total. The van der Waals surface area contributed by atoms with Gasteiger partial charge < -0.3 is 19.9 Å². The second-order valence-corrected chi connectivity index (χ2v) is 9.50. The van der Waals surface area contributed by atoms with Crippen LogP contribution in [0.15, 0.2) is 61.2 Å². The Hall–Kier alpha value is -3.95. The highest BCUT2D eigenvalue weighted by atomic mass is 19.3. The number of benzene rings is 2. The molecule has 0 aromatic heterocycles. The van der Waals surface area contributed by atoms with E-state index in [0.29, 0.717) is 0 Å². The van der Waals surface area contributed by atoms with Gasteiger partial charge in [0.05, 0.1) is 6.54 Å². The highest BCUT2D eigenvalue weighted by molar-refractivity contribution is 5.81. The standard InChI is InChI=1S/C28H30F2N2O6/c1-2-14-37-27(36)32-17-28(29,30)15-18(32)8-7-13-24(25(33)34)31-26(35)38-16-23-21-11-5-3-9-19(21)20-10-4-6-12-22(20)23/h2-6,9-12,18,23-24H,1,7-8,13-17H2,(H,31,35)(H,33,34)/t18-,24?/m1/s1. The number of ether oxygens (including phenoxy) is 2. The molecule has 1 unspecified atom stereocenters. The van der Waals surface area contributed by atoms with Crippen LogP contribution in [0.1, 0.15) is 42.7 Å². The first-order valence-electron chi connectivity index (χ1n) is 12.5. The molecule has 1 saturated heterocycles. The van der Waals surface area contributed by atoms with Gasteiger partial charge in [-0.15, -0.1) is 0 Å². The summed E-state index contributed by atoms with van der Waals surface area (Å²) in [6.45, 7) is 2.61. The van der Waals surface area contributed by atoms with Gasteiger partial charge in [0.15, 0.2) is 0 Å². The summed E-state index contributed by atoms with van der Waals surface area (Å²) >= 11 is 0. The van der Waals surface area contributed by atoms with E-state index in [1.54, 1.807) is 0 Å². The molecule has 0 bridgehead atoms. The van der Waals surface area contributed by atoms with Gasteiger partial charge in [0, 0.05) is 18.4 Å². The average Bonchev–Trinajstić information content (AvgIpc) is 3.38. The molecule has 0 saturated carbocycles. The predicted octanol–water partition coefficient (Wildman–Crippen LogP) is 5.18. The number of aliphatic carboxylic acids is 1. The largest absolute Gasteiger partial charge is 0.480 e. The zero-order valence-corrected chi connectivity index (χ0v) is 20.8. The van der Waals surface area contributed by atoms with Crippen molar-refractivity contribution in [3.63, 3.8) is 0 Å². The number of alkyl carbamates (subject to hydrolysis) is 1. The first-order chi connectivity index (χ1) is 18.2. The van der Waals surface area contributed by atoms with E-state index in [-0.39, 0.29) is 38.4 Å². The van der Waals surface area contributed by atoms with Crippen molar-refractivity contribution in [3.8, 4) is 11.1 Å². The van der Waals surface area contributed by atoms with Crippen LogP contribution in [0.5, 0.6) is 0 Å². The highest BCUT2D eigenvalue weighted by Gasteiger charge is 2.47. The summed E-state index contributed by atoms with van der Waals surface area (Å²) in [6, 6.07) is 13.6. The van der Waals surface area contributed by atoms with Crippen molar-refractivity contribution < 1.29 is 37.7 Å². The molecule has 1 fully saturated rings.